The van der Waals surface area contributed by atoms with Crippen LogP contribution >= 0.6 is 11.6 Å². The number of rotatable bonds is 2. The molecule has 0 bridgehead atoms. The predicted octanol–water partition coefficient (Wildman–Crippen LogP) is 3.67. The van der Waals surface area contributed by atoms with Crippen molar-refractivity contribution in [2.45, 2.75) is 0 Å². The number of fused-ring (bicyclic) bond motifs is 1. The number of benzene rings is 2. The van der Waals surface area contributed by atoms with Crippen LogP contribution in [0.15, 0.2) is 48.8 Å². The Hall–Kier alpha value is -2.53. The summed E-state index contributed by atoms with van der Waals surface area (Å²) >= 11 is 5.74. The van der Waals surface area contributed by atoms with Crippen LogP contribution in [0.3, 0.4) is 0 Å². The van der Waals surface area contributed by atoms with Gasteiger partial charge in [0.25, 0.3) is 5.91 Å². The van der Waals surface area contributed by atoms with Crippen molar-refractivity contribution >= 4 is 34.1 Å². The summed E-state index contributed by atoms with van der Waals surface area (Å²) in [5.41, 5.74) is 0.363. The largest absolute Gasteiger partial charge is 0.306 e. The van der Waals surface area contributed by atoms with Gasteiger partial charge in [-0.05, 0) is 17.5 Å². The van der Waals surface area contributed by atoms with Gasteiger partial charge >= 0.3 is 0 Å². The first-order valence-electron chi connectivity index (χ1n) is 6.11. The maximum Gasteiger partial charge on any atom is 0.257 e. The van der Waals surface area contributed by atoms with Gasteiger partial charge in [-0.3, -0.25) is 4.79 Å². The highest BCUT2D eigenvalue weighted by Crippen LogP contribution is 2.22. The normalized spacial score (nSPS) is 10.6. The van der Waals surface area contributed by atoms with Crippen LogP contribution in [0, 0.1) is 5.82 Å². The maximum absolute atomic E-state index is 13.7. The number of carbonyl (C=O) groups excluding carboxylic acids is 1. The van der Waals surface area contributed by atoms with Crippen molar-refractivity contribution in [1.29, 1.82) is 0 Å². The van der Waals surface area contributed by atoms with Gasteiger partial charge in [0.2, 0.25) is 0 Å². The lowest BCUT2D eigenvalue weighted by Gasteiger charge is -2.08. The highest BCUT2D eigenvalue weighted by atomic mass is 35.5. The van der Waals surface area contributed by atoms with Gasteiger partial charge in [-0.2, -0.15) is 0 Å². The van der Waals surface area contributed by atoms with Gasteiger partial charge in [0.1, 0.15) is 23.1 Å². The zero-order chi connectivity index (χ0) is 14.8. The Morgan fingerprint density at radius 2 is 1.86 bits per heavy atom. The number of hydrogen-bond acceptors (Lipinski definition) is 3. The first-order chi connectivity index (χ1) is 10.1. The van der Waals surface area contributed by atoms with Crippen molar-refractivity contribution in [3.8, 4) is 0 Å². The first-order valence-corrected chi connectivity index (χ1v) is 6.49. The average molecular weight is 302 g/mol. The highest BCUT2D eigenvalue weighted by molar-refractivity contribution is 6.29. The fraction of sp³-hybridized carbons (Fsp3) is 0. The van der Waals surface area contributed by atoms with E-state index in [-0.39, 0.29) is 22.7 Å². The van der Waals surface area contributed by atoms with Gasteiger partial charge in [0.15, 0.2) is 0 Å². The minimum absolute atomic E-state index is 0.226. The van der Waals surface area contributed by atoms with Crippen molar-refractivity contribution in [2.24, 2.45) is 0 Å². The molecule has 3 rings (SSSR count). The van der Waals surface area contributed by atoms with Crippen LogP contribution in [-0.2, 0) is 0 Å². The molecular formula is C15H9ClFN3O. The van der Waals surface area contributed by atoms with Crippen molar-refractivity contribution in [1.82, 2.24) is 9.97 Å². The fourth-order valence-corrected chi connectivity index (χ4v) is 2.19. The first kappa shape index (κ1) is 13.5. The van der Waals surface area contributed by atoms with Crippen molar-refractivity contribution in [3.05, 3.63) is 65.3 Å². The number of halogens is 2. The van der Waals surface area contributed by atoms with Gasteiger partial charge in [-0.25, -0.2) is 14.4 Å². The van der Waals surface area contributed by atoms with Crippen LogP contribution in [0.2, 0.25) is 5.15 Å². The standard InChI is InChI=1S/C15H9ClFN3O/c16-13-7-14(19-8-18-13)20-15(21)11-5-6-12(17)10-4-2-1-3-9(10)11/h1-8H,(H,18,19,20,21). The lowest BCUT2D eigenvalue weighted by atomic mass is 10.0. The summed E-state index contributed by atoms with van der Waals surface area (Å²) in [4.78, 5) is 19.9. The molecule has 0 fully saturated rings. The van der Waals surface area contributed by atoms with Crippen LogP contribution in [0.1, 0.15) is 10.4 Å². The number of hydrogen-bond donors (Lipinski definition) is 1. The van der Waals surface area contributed by atoms with E-state index >= 15 is 0 Å². The van der Waals surface area contributed by atoms with E-state index in [0.29, 0.717) is 16.3 Å². The molecule has 0 aliphatic rings. The van der Waals surface area contributed by atoms with E-state index in [1.165, 1.54) is 24.5 Å². The fourth-order valence-electron chi connectivity index (χ4n) is 2.05. The third-order valence-electron chi connectivity index (χ3n) is 2.99. The van der Waals surface area contributed by atoms with Gasteiger partial charge < -0.3 is 5.32 Å². The van der Waals surface area contributed by atoms with Gasteiger partial charge in [-0.15, -0.1) is 0 Å². The molecule has 0 atom stereocenters. The van der Waals surface area contributed by atoms with Gasteiger partial charge in [0, 0.05) is 17.0 Å². The predicted molar refractivity (Wildman–Crippen MR) is 78.9 cm³/mol. The monoisotopic (exact) mass is 301 g/mol. The molecule has 1 amide bonds. The van der Waals surface area contributed by atoms with Gasteiger partial charge in [-0.1, -0.05) is 35.9 Å². The minimum Gasteiger partial charge on any atom is -0.306 e. The molecule has 0 unspecified atom stereocenters. The third kappa shape index (κ3) is 2.68. The van der Waals surface area contributed by atoms with E-state index in [0.717, 1.165) is 0 Å². The molecule has 0 radical (unpaired) electrons. The molecule has 1 N–H and O–H groups in total. The molecule has 0 aliphatic carbocycles. The molecule has 0 spiro atoms. The van der Waals surface area contributed by atoms with Crippen LogP contribution in [0.4, 0.5) is 10.2 Å². The van der Waals surface area contributed by atoms with E-state index in [1.807, 2.05) is 0 Å². The molecule has 0 saturated heterocycles. The Bertz CT molecular complexity index is 838. The third-order valence-corrected chi connectivity index (χ3v) is 3.20. The topological polar surface area (TPSA) is 54.9 Å². The number of nitrogens with one attached hydrogen (secondary N) is 1. The minimum atomic E-state index is -0.388. The van der Waals surface area contributed by atoms with E-state index < -0.39 is 0 Å². The molecule has 0 aliphatic heterocycles. The van der Waals surface area contributed by atoms with Crippen LogP contribution in [0.5, 0.6) is 0 Å². The molecule has 6 heteroatoms. The van der Waals surface area contributed by atoms with Crippen molar-refractivity contribution < 1.29 is 9.18 Å². The summed E-state index contributed by atoms with van der Waals surface area (Å²) in [5, 5.41) is 3.77. The van der Waals surface area contributed by atoms with Crippen molar-refractivity contribution in [2.75, 3.05) is 5.32 Å². The van der Waals surface area contributed by atoms with Crippen LogP contribution < -0.4 is 5.32 Å². The Kier molecular flexibility index (Phi) is 3.50. The summed E-state index contributed by atoms with van der Waals surface area (Å²) in [5.74, 6) is -0.471. The Morgan fingerprint density at radius 3 is 2.62 bits per heavy atom. The Balaban J connectivity index is 2.01. The molecule has 104 valence electrons. The SMILES string of the molecule is O=C(Nc1cc(Cl)ncn1)c1ccc(F)c2ccccc12. The summed E-state index contributed by atoms with van der Waals surface area (Å²) in [6, 6.07) is 10.9. The van der Waals surface area contributed by atoms with E-state index in [4.69, 9.17) is 11.6 Å². The molecule has 1 aromatic heterocycles. The molecule has 3 aromatic rings. The van der Waals surface area contributed by atoms with E-state index in [2.05, 4.69) is 15.3 Å². The molecule has 2 aromatic carbocycles. The maximum atomic E-state index is 13.7. The number of anilines is 1. The smallest absolute Gasteiger partial charge is 0.257 e. The molecule has 4 nitrogen and oxygen atoms in total. The summed E-state index contributed by atoms with van der Waals surface area (Å²) in [6.07, 6.45) is 1.25. The summed E-state index contributed by atoms with van der Waals surface area (Å²) < 4.78 is 13.7. The summed E-state index contributed by atoms with van der Waals surface area (Å²) in [6.45, 7) is 0. The van der Waals surface area contributed by atoms with Gasteiger partial charge in [0.05, 0.1) is 0 Å². The lowest BCUT2D eigenvalue weighted by molar-refractivity contribution is 0.102. The van der Waals surface area contributed by atoms with Crippen LogP contribution in [0.25, 0.3) is 10.8 Å². The summed E-state index contributed by atoms with van der Waals surface area (Å²) in [7, 11) is 0. The van der Waals surface area contributed by atoms with E-state index in [9.17, 15) is 9.18 Å². The second-order valence-electron chi connectivity index (χ2n) is 4.32. The molecule has 21 heavy (non-hydrogen) atoms. The molecule has 0 saturated carbocycles. The van der Waals surface area contributed by atoms with E-state index in [1.54, 1.807) is 24.3 Å². The number of nitrogens with zero attached hydrogens (tertiary/aromatic N) is 2. The Labute approximate surface area is 124 Å². The highest BCUT2D eigenvalue weighted by Gasteiger charge is 2.13. The zero-order valence-corrected chi connectivity index (χ0v) is 11.4. The average Bonchev–Trinajstić information content (AvgIpc) is 2.48. The number of aromatic nitrogens is 2. The number of amides is 1. The molecule has 1 heterocycles. The zero-order valence-electron chi connectivity index (χ0n) is 10.7. The number of carbonyl (C=O) groups is 1. The lowest BCUT2D eigenvalue weighted by Crippen LogP contribution is -2.13. The molecular weight excluding hydrogens is 293 g/mol. The Morgan fingerprint density at radius 1 is 1.10 bits per heavy atom. The second kappa shape index (κ2) is 5.46. The quantitative estimate of drug-likeness (QED) is 0.735. The van der Waals surface area contributed by atoms with Crippen molar-refractivity contribution in [3.63, 3.8) is 0 Å². The second-order valence-corrected chi connectivity index (χ2v) is 4.71. The van der Waals surface area contributed by atoms with Crippen LogP contribution in [-0.4, -0.2) is 15.9 Å².